The van der Waals surface area contributed by atoms with E-state index in [2.05, 4.69) is 0 Å². The molecule has 1 saturated heterocycles. The van der Waals surface area contributed by atoms with E-state index in [1.54, 1.807) is 0 Å². The van der Waals surface area contributed by atoms with Crippen LogP contribution in [0.2, 0.25) is 0 Å². The monoisotopic (exact) mass is 181 g/mol. The van der Waals surface area contributed by atoms with Gasteiger partial charge in [0.1, 0.15) is 6.61 Å². The van der Waals surface area contributed by atoms with Crippen molar-refractivity contribution in [1.82, 2.24) is 4.90 Å². The van der Waals surface area contributed by atoms with Gasteiger partial charge in [0.05, 0.1) is 12.2 Å². The second-order valence-corrected chi connectivity index (χ2v) is 3.05. The fourth-order valence-corrected chi connectivity index (χ4v) is 1.30. The number of likely N-dealkylation sites (tertiary alicyclic amines) is 1. The molecule has 0 saturated carbocycles. The molecular formula is C7H13F2NO2. The van der Waals surface area contributed by atoms with Crippen molar-refractivity contribution in [3.05, 3.63) is 0 Å². The van der Waals surface area contributed by atoms with E-state index in [4.69, 9.17) is 4.74 Å². The molecular weight excluding hydrogens is 168 g/mol. The van der Waals surface area contributed by atoms with E-state index in [1.807, 2.05) is 11.9 Å². The smallest absolute Gasteiger partial charge is 0.261 e. The van der Waals surface area contributed by atoms with E-state index < -0.39 is 25.2 Å². The fraction of sp³-hybridized carbons (Fsp3) is 1.00. The van der Waals surface area contributed by atoms with Crippen molar-refractivity contribution in [1.29, 1.82) is 0 Å². The van der Waals surface area contributed by atoms with E-state index in [9.17, 15) is 13.9 Å². The van der Waals surface area contributed by atoms with E-state index in [-0.39, 0.29) is 0 Å². The third-order valence-corrected chi connectivity index (χ3v) is 1.86. The predicted octanol–water partition coefficient (Wildman–Crippen LogP) is -0.0570. The Morgan fingerprint density at radius 2 is 2.25 bits per heavy atom. The maximum Gasteiger partial charge on any atom is 0.261 e. The number of hydrogen-bond donors (Lipinski definition) is 1. The number of β-amino-alcohol motifs (C(OH)–C–C–N with tert-alkyl or cyclic N) is 1. The Bertz CT molecular complexity index is 145. The second kappa shape index (κ2) is 4.11. The summed E-state index contributed by atoms with van der Waals surface area (Å²) < 4.78 is 28.2. The number of nitrogens with zero attached hydrogens (tertiary/aromatic N) is 1. The Hall–Kier alpha value is -0.260. The van der Waals surface area contributed by atoms with Gasteiger partial charge in [0.25, 0.3) is 6.43 Å². The highest BCUT2D eigenvalue weighted by molar-refractivity contribution is 4.82. The number of hydrogen-bond acceptors (Lipinski definition) is 3. The lowest BCUT2D eigenvalue weighted by Gasteiger charge is -2.13. The molecule has 0 amide bonds. The summed E-state index contributed by atoms with van der Waals surface area (Å²) in [4.78, 5) is 1.85. The van der Waals surface area contributed by atoms with Gasteiger partial charge in [-0.15, -0.1) is 0 Å². The number of halogens is 2. The van der Waals surface area contributed by atoms with Crippen molar-refractivity contribution in [3.63, 3.8) is 0 Å². The summed E-state index contributed by atoms with van der Waals surface area (Å²) in [7, 11) is 1.81. The number of likely N-dealkylation sites (N-methyl/N-ethyl adjacent to an activating group) is 1. The highest BCUT2D eigenvalue weighted by Gasteiger charge is 2.30. The Balaban J connectivity index is 2.23. The Labute approximate surface area is 69.9 Å². The Kier molecular flexibility index (Phi) is 3.37. The number of alkyl halides is 2. The van der Waals surface area contributed by atoms with Crippen LogP contribution < -0.4 is 0 Å². The minimum Gasteiger partial charge on any atom is -0.389 e. The average Bonchev–Trinajstić information content (AvgIpc) is 2.26. The Morgan fingerprint density at radius 3 is 2.67 bits per heavy atom. The van der Waals surface area contributed by atoms with E-state index in [0.717, 1.165) is 0 Å². The van der Waals surface area contributed by atoms with Crippen LogP contribution in [0.25, 0.3) is 0 Å². The molecule has 0 aromatic rings. The van der Waals surface area contributed by atoms with Crippen LogP contribution in [-0.4, -0.2) is 55.4 Å². The standard InChI is InChI=1S/C7H13F2NO2/c1-10-2-5(11)6(3-10)12-4-7(8)9/h5-7,11H,2-4H2,1H3. The number of rotatable bonds is 3. The van der Waals surface area contributed by atoms with Crippen LogP contribution in [0.5, 0.6) is 0 Å². The first kappa shape index (κ1) is 9.83. The minimum atomic E-state index is -2.46. The van der Waals surface area contributed by atoms with E-state index in [1.165, 1.54) is 0 Å². The van der Waals surface area contributed by atoms with Gasteiger partial charge >= 0.3 is 0 Å². The van der Waals surface area contributed by atoms with Gasteiger partial charge in [0, 0.05) is 13.1 Å². The minimum absolute atomic E-state index is 0.455. The van der Waals surface area contributed by atoms with Crippen molar-refractivity contribution < 1.29 is 18.6 Å². The molecule has 1 N–H and O–H groups in total. The summed E-state index contributed by atoms with van der Waals surface area (Å²) in [5.41, 5.74) is 0. The summed E-state index contributed by atoms with van der Waals surface area (Å²) in [5, 5.41) is 9.26. The van der Waals surface area contributed by atoms with Crippen molar-refractivity contribution in [3.8, 4) is 0 Å². The summed E-state index contributed by atoms with van der Waals surface area (Å²) in [6.45, 7) is 0.428. The third kappa shape index (κ3) is 2.66. The summed E-state index contributed by atoms with van der Waals surface area (Å²) in [5.74, 6) is 0. The topological polar surface area (TPSA) is 32.7 Å². The van der Waals surface area contributed by atoms with Gasteiger partial charge in [0.2, 0.25) is 0 Å². The van der Waals surface area contributed by atoms with Crippen molar-refractivity contribution >= 4 is 0 Å². The maximum absolute atomic E-state index is 11.7. The molecule has 0 spiro atoms. The third-order valence-electron chi connectivity index (χ3n) is 1.86. The van der Waals surface area contributed by atoms with E-state index in [0.29, 0.717) is 13.1 Å². The zero-order valence-electron chi connectivity index (χ0n) is 6.91. The van der Waals surface area contributed by atoms with Crippen LogP contribution in [-0.2, 0) is 4.74 Å². The van der Waals surface area contributed by atoms with Gasteiger partial charge < -0.3 is 14.7 Å². The van der Waals surface area contributed by atoms with Gasteiger partial charge in [-0.25, -0.2) is 8.78 Å². The molecule has 72 valence electrons. The quantitative estimate of drug-likeness (QED) is 0.662. The zero-order chi connectivity index (χ0) is 9.14. The van der Waals surface area contributed by atoms with Crippen LogP contribution in [0.3, 0.4) is 0 Å². The molecule has 0 radical (unpaired) electrons. The lowest BCUT2D eigenvalue weighted by atomic mass is 10.3. The van der Waals surface area contributed by atoms with Gasteiger partial charge in [-0.2, -0.15) is 0 Å². The van der Waals surface area contributed by atoms with Crippen LogP contribution in [0.15, 0.2) is 0 Å². The summed E-state index contributed by atoms with van der Waals surface area (Å²) in [6, 6.07) is 0. The SMILES string of the molecule is CN1CC(O)C(OCC(F)F)C1. The molecule has 0 aromatic carbocycles. The van der Waals surface area contributed by atoms with Gasteiger partial charge in [-0.3, -0.25) is 0 Å². The lowest BCUT2D eigenvalue weighted by Crippen LogP contribution is -2.28. The molecule has 12 heavy (non-hydrogen) atoms. The first-order valence-electron chi connectivity index (χ1n) is 3.86. The molecule has 0 aromatic heterocycles. The Morgan fingerprint density at radius 1 is 1.58 bits per heavy atom. The van der Waals surface area contributed by atoms with Gasteiger partial charge in [-0.05, 0) is 7.05 Å². The summed E-state index contributed by atoms with van der Waals surface area (Å²) >= 11 is 0. The van der Waals surface area contributed by atoms with Crippen LogP contribution in [0.4, 0.5) is 8.78 Å². The molecule has 2 unspecified atom stereocenters. The maximum atomic E-state index is 11.7. The highest BCUT2D eigenvalue weighted by Crippen LogP contribution is 2.12. The number of ether oxygens (including phenoxy) is 1. The molecule has 1 heterocycles. The normalized spacial score (nSPS) is 31.8. The van der Waals surface area contributed by atoms with Gasteiger partial charge in [0.15, 0.2) is 0 Å². The van der Waals surface area contributed by atoms with Gasteiger partial charge in [-0.1, -0.05) is 0 Å². The van der Waals surface area contributed by atoms with Crippen molar-refractivity contribution in [2.24, 2.45) is 0 Å². The molecule has 1 rings (SSSR count). The molecule has 5 heteroatoms. The molecule has 1 fully saturated rings. The lowest BCUT2D eigenvalue weighted by molar-refractivity contribution is -0.0548. The highest BCUT2D eigenvalue weighted by atomic mass is 19.3. The molecule has 0 bridgehead atoms. The molecule has 1 aliphatic heterocycles. The number of aliphatic hydroxyl groups excluding tert-OH is 1. The van der Waals surface area contributed by atoms with Crippen LogP contribution in [0.1, 0.15) is 0 Å². The molecule has 1 aliphatic rings. The van der Waals surface area contributed by atoms with E-state index >= 15 is 0 Å². The second-order valence-electron chi connectivity index (χ2n) is 3.05. The fourth-order valence-electron chi connectivity index (χ4n) is 1.30. The first-order chi connectivity index (χ1) is 5.59. The van der Waals surface area contributed by atoms with Crippen molar-refractivity contribution in [2.75, 3.05) is 26.7 Å². The predicted molar refractivity (Wildman–Crippen MR) is 39.2 cm³/mol. The average molecular weight is 181 g/mol. The summed E-state index contributed by atoms with van der Waals surface area (Å²) in [6.07, 6.45) is -3.54. The van der Waals surface area contributed by atoms with Crippen LogP contribution >= 0.6 is 0 Å². The molecule has 0 aliphatic carbocycles. The molecule has 3 nitrogen and oxygen atoms in total. The first-order valence-corrected chi connectivity index (χ1v) is 3.86. The number of aliphatic hydroxyl groups is 1. The molecule has 2 atom stereocenters. The largest absolute Gasteiger partial charge is 0.389 e. The van der Waals surface area contributed by atoms with Crippen LogP contribution in [0, 0.1) is 0 Å². The zero-order valence-corrected chi connectivity index (χ0v) is 6.91. The van der Waals surface area contributed by atoms with Crippen molar-refractivity contribution in [2.45, 2.75) is 18.6 Å².